The monoisotopic (exact) mass is 1930 g/mol. The number of fused-ring (bicyclic) bond motifs is 10. The van der Waals surface area contributed by atoms with E-state index in [0.29, 0.717) is 78.5 Å². The number of nitrogens with zero attached hydrogens (tertiary/aromatic N) is 5. The van der Waals surface area contributed by atoms with E-state index in [4.69, 9.17) is 9.72 Å². The first-order valence-electron chi connectivity index (χ1n) is 49.9. The Kier molecular flexibility index (Phi) is 24.9. The van der Waals surface area contributed by atoms with Crippen LogP contribution in [0.25, 0.3) is 110 Å². The summed E-state index contributed by atoms with van der Waals surface area (Å²) in [6.07, 6.45) is 1.08. The molecule has 0 aliphatic heterocycles. The molecule has 4 N–H and O–H groups in total. The van der Waals surface area contributed by atoms with Crippen molar-refractivity contribution in [1.29, 1.82) is 0 Å². The summed E-state index contributed by atoms with van der Waals surface area (Å²) >= 11 is 0. The number of benzene rings is 15. The fourth-order valence-corrected chi connectivity index (χ4v) is 21.6. The molecular weight excluding hydrogens is 1830 g/mol. The summed E-state index contributed by atoms with van der Waals surface area (Å²) in [4.78, 5) is 116. The smallest absolute Gasteiger partial charge is 0.198 e. The molecule has 0 atom stereocenters. The third kappa shape index (κ3) is 17.3. The van der Waals surface area contributed by atoms with Crippen LogP contribution in [0.4, 0.5) is 45.5 Å². The second-order valence-corrected chi connectivity index (χ2v) is 39.9. The van der Waals surface area contributed by atoms with Crippen LogP contribution in [0.5, 0.6) is 11.5 Å². The number of anilines is 8. The van der Waals surface area contributed by atoms with Gasteiger partial charge in [0, 0.05) is 128 Å². The van der Waals surface area contributed by atoms with E-state index in [2.05, 4.69) is 162 Å². The van der Waals surface area contributed by atoms with Crippen LogP contribution in [0.3, 0.4) is 0 Å². The van der Waals surface area contributed by atoms with E-state index in [9.17, 15) is 33.6 Å². The third-order valence-electron chi connectivity index (χ3n) is 29.0. The molecule has 20 aromatic rings. The molecule has 15 aromatic carbocycles. The SMILES string of the molecule is CC(=O)c1c(C)nc2ccc(Nc3ccc(C)cc3)c3c2c1-c1ccccc1C3=O.CC(=O)c1c(C)nc2ccc(Nc3ccc(C)cc3C)c3c2c1-c1ccccc1C3=O.CCC(C)(C)c1ccc(Nc2cc(C)c3nc(C)cc4c3c2C(=O)c2ccccc2-4)cc1.Cc1ccc(Nc2ccc3nc(C)cc4c3c2C(=O)c2ccccc2-4)cc1.Cc1ccc(Oc2ccc3nc(C)cc4c3c2C(=O)c2ccccc2-4)c(C)c1. The Morgan fingerprint density at radius 2 is 0.595 bits per heavy atom. The van der Waals surface area contributed by atoms with Gasteiger partial charge in [0.15, 0.2) is 40.5 Å². The highest BCUT2D eigenvalue weighted by Gasteiger charge is 2.38. The lowest BCUT2D eigenvalue weighted by Crippen LogP contribution is -2.16. The molecule has 0 radical (unpaired) electrons. The van der Waals surface area contributed by atoms with Crippen molar-refractivity contribution in [1.82, 2.24) is 24.9 Å². The van der Waals surface area contributed by atoms with Crippen LogP contribution in [-0.4, -0.2) is 65.4 Å². The number of Topliss-reactive ketones (excluding diaryl/α,β-unsaturated/α-hetero) is 2. The summed E-state index contributed by atoms with van der Waals surface area (Å²) in [6.45, 7) is 33.9. The quantitative estimate of drug-likeness (QED) is 0.0740. The number of ketones is 7. The lowest BCUT2D eigenvalue weighted by Gasteiger charge is -2.25. The topological polar surface area (TPSA) is 241 Å². The molecule has 0 fully saturated rings. The number of carbonyl (C=O) groups is 7. The van der Waals surface area contributed by atoms with E-state index in [0.717, 1.165) is 207 Å². The molecule has 0 saturated heterocycles. The molecule has 0 spiro atoms. The van der Waals surface area contributed by atoms with Crippen LogP contribution in [-0.2, 0) is 5.41 Å². The summed E-state index contributed by atoms with van der Waals surface area (Å²) in [5.41, 5.74) is 41.6. The van der Waals surface area contributed by atoms with Gasteiger partial charge in [-0.05, 0) is 297 Å². The standard InChI is InChI=1S/C29H28N2O.C27H22N2O2.C26H20N2O2.C25H19NO2.C24H18N2O/c1-6-29(4,5)19-11-13-20(14-12-19)31-24-15-17(2)27-25-23(16-18(3)30-27)21-9-7-8-10-22(21)28(32)26(24)25;1-14-9-10-20(15(2)13-14)29-22-12-11-21-25-24(23(17(4)30)16(3)28-21)18-7-5-6-8-19(18)27(31)26(22)25;1-14-8-10-17(11-9-14)28-21-13-12-20-24-23(22(16(3)29)15(2)27-20)18-6-4-5-7-19(18)26(30)25(21)24;1-14-8-10-21(15(2)12-14)28-22-11-9-20-23-19(13-16(3)26-20)17-6-4-5-7-18(17)25(27)24(22)23;1-14-7-9-16(10-8-14)26-21-12-11-20-22-19(13-15(2)25-20)17-5-3-4-6-18(17)24(27)23(21)22/h7-16,31H,6H2,1-5H3;5-13,29H,1-4H3;4-13,28H,1-3H3;4-13H,1-3H3;3-13,26H,1-2H3. The van der Waals surface area contributed by atoms with E-state index in [-0.39, 0.29) is 45.9 Å². The van der Waals surface area contributed by atoms with Gasteiger partial charge in [-0.25, -0.2) is 0 Å². The zero-order valence-electron chi connectivity index (χ0n) is 85.6. The number of hydrogen-bond acceptors (Lipinski definition) is 17. The minimum absolute atomic E-state index is 0.0147. The highest BCUT2D eigenvalue weighted by Crippen LogP contribution is 2.52. The van der Waals surface area contributed by atoms with Crippen molar-refractivity contribution in [3.8, 4) is 67.1 Å². The number of pyridine rings is 5. The minimum Gasteiger partial charge on any atom is -0.456 e. The summed E-state index contributed by atoms with van der Waals surface area (Å²) in [7, 11) is 0. The van der Waals surface area contributed by atoms with Gasteiger partial charge in [-0.1, -0.05) is 225 Å². The van der Waals surface area contributed by atoms with E-state index < -0.39 is 0 Å². The van der Waals surface area contributed by atoms with Crippen LogP contribution < -0.4 is 26.0 Å². The largest absolute Gasteiger partial charge is 0.456 e. The molecule has 17 heteroatoms. The lowest BCUT2D eigenvalue weighted by atomic mass is 9.80. The van der Waals surface area contributed by atoms with Crippen molar-refractivity contribution in [2.45, 2.75) is 130 Å². The second kappa shape index (κ2) is 38.3. The maximum absolute atomic E-state index is 13.7. The normalized spacial score (nSPS) is 12.2. The molecule has 0 saturated carbocycles. The fraction of sp³-hybridized carbons (Fsp3) is 0.145. The van der Waals surface area contributed by atoms with E-state index in [1.54, 1.807) is 13.8 Å². The molecule has 148 heavy (non-hydrogen) atoms. The Bertz CT molecular complexity index is 9130. The number of aromatic nitrogens is 5. The Balaban J connectivity index is 0.000000108. The van der Waals surface area contributed by atoms with E-state index in [1.807, 2.05) is 286 Å². The van der Waals surface area contributed by atoms with Crippen molar-refractivity contribution in [3.63, 3.8) is 0 Å². The van der Waals surface area contributed by atoms with Gasteiger partial charge in [0.25, 0.3) is 0 Å². The summed E-state index contributed by atoms with van der Waals surface area (Å²) in [5, 5.41) is 18.1. The van der Waals surface area contributed by atoms with Crippen molar-refractivity contribution in [2.75, 3.05) is 21.3 Å². The van der Waals surface area contributed by atoms with Crippen molar-refractivity contribution in [2.24, 2.45) is 0 Å². The first-order chi connectivity index (χ1) is 71.3. The fourth-order valence-electron chi connectivity index (χ4n) is 21.6. The Morgan fingerprint density at radius 3 is 1.02 bits per heavy atom. The van der Waals surface area contributed by atoms with Gasteiger partial charge in [0.05, 0.1) is 78.2 Å². The number of nitrogens with one attached hydrogen (secondary N) is 4. The number of aryl methyl sites for hydroxylation is 12. The van der Waals surface area contributed by atoms with Gasteiger partial charge in [-0.3, -0.25) is 58.5 Å². The minimum atomic E-state index is -0.0570. The molecule has 0 bridgehead atoms. The Morgan fingerprint density at radius 1 is 0.270 bits per heavy atom. The van der Waals surface area contributed by atoms with Crippen LogP contribution >= 0.6 is 0 Å². The number of hydrogen-bond donors (Lipinski definition) is 4. The Hall–Kier alpha value is -18.0. The summed E-state index contributed by atoms with van der Waals surface area (Å²) < 4.78 is 6.25. The first kappa shape index (κ1) is 96.2. The lowest BCUT2D eigenvalue weighted by molar-refractivity contribution is 0.100. The van der Waals surface area contributed by atoms with E-state index in [1.165, 1.54) is 27.8 Å². The number of ether oxygens (including phenoxy) is 1. The molecule has 724 valence electrons. The highest BCUT2D eigenvalue weighted by atomic mass is 16.5. The van der Waals surface area contributed by atoms with Crippen LogP contribution in [0.2, 0.25) is 0 Å². The molecule has 5 heterocycles. The molecule has 0 amide bonds. The molecular formula is C131H107N9O8. The van der Waals surface area contributed by atoms with Gasteiger partial charge < -0.3 is 26.0 Å². The molecule has 17 nitrogen and oxygen atoms in total. The highest BCUT2D eigenvalue weighted by molar-refractivity contribution is 6.34. The number of rotatable bonds is 14. The number of carbonyl (C=O) groups excluding carboxylic acids is 7. The molecule has 5 aromatic heterocycles. The van der Waals surface area contributed by atoms with E-state index >= 15 is 0 Å². The average molecular weight is 1940 g/mol. The molecule has 5 aliphatic rings. The Labute approximate surface area is 859 Å². The zero-order chi connectivity index (χ0) is 103. The predicted molar refractivity (Wildman–Crippen MR) is 599 cm³/mol. The van der Waals surface area contributed by atoms with Crippen LogP contribution in [0, 0.1) is 83.1 Å². The zero-order valence-corrected chi connectivity index (χ0v) is 85.6. The van der Waals surface area contributed by atoms with Gasteiger partial charge in [-0.15, -0.1) is 0 Å². The maximum Gasteiger partial charge on any atom is 0.198 e. The van der Waals surface area contributed by atoms with Gasteiger partial charge in [0.1, 0.15) is 11.5 Å². The maximum atomic E-state index is 13.7. The average Bonchev–Trinajstić information content (AvgIpc) is 0.721. The molecule has 5 aliphatic carbocycles. The molecule has 25 rings (SSSR count). The third-order valence-corrected chi connectivity index (χ3v) is 29.0. The van der Waals surface area contributed by atoms with Gasteiger partial charge in [-0.2, -0.15) is 0 Å². The predicted octanol–water partition coefficient (Wildman–Crippen LogP) is 31.8. The van der Waals surface area contributed by atoms with Crippen LogP contribution in [0.15, 0.2) is 303 Å². The van der Waals surface area contributed by atoms with Crippen molar-refractivity contribution < 1.29 is 38.3 Å². The van der Waals surface area contributed by atoms with Crippen molar-refractivity contribution in [3.05, 3.63) is 443 Å². The molecule has 0 unspecified atom stereocenters. The van der Waals surface area contributed by atoms with Gasteiger partial charge >= 0.3 is 0 Å². The second-order valence-electron chi connectivity index (χ2n) is 39.9. The van der Waals surface area contributed by atoms with Crippen molar-refractivity contribution >= 4 is 140 Å². The summed E-state index contributed by atoms with van der Waals surface area (Å²) in [6, 6.07) is 99.2. The van der Waals surface area contributed by atoms with Gasteiger partial charge in [0.2, 0.25) is 0 Å². The first-order valence-corrected chi connectivity index (χ1v) is 49.9. The van der Waals surface area contributed by atoms with Crippen LogP contribution in [0.1, 0.15) is 214 Å². The summed E-state index contributed by atoms with van der Waals surface area (Å²) in [5.74, 6) is 1.20.